The molecule has 3 aliphatic rings. The van der Waals surface area contributed by atoms with Crippen LogP contribution in [0.2, 0.25) is 10.0 Å². The number of amides is 4. The van der Waals surface area contributed by atoms with Crippen molar-refractivity contribution in [3.63, 3.8) is 0 Å². The molecule has 0 unspecified atom stereocenters. The van der Waals surface area contributed by atoms with Crippen LogP contribution in [0.25, 0.3) is 16.5 Å². The van der Waals surface area contributed by atoms with Crippen molar-refractivity contribution in [3.8, 4) is 0 Å². The zero-order valence-electron chi connectivity index (χ0n) is 22.6. The molecule has 2 atom stereocenters. The molecule has 0 radical (unpaired) electrons. The molecule has 2 saturated heterocycles. The van der Waals surface area contributed by atoms with Gasteiger partial charge in [0.05, 0.1) is 16.5 Å². The summed E-state index contributed by atoms with van der Waals surface area (Å²) in [5.74, 6) is -0.891. The van der Waals surface area contributed by atoms with Crippen LogP contribution in [0.5, 0.6) is 0 Å². The van der Waals surface area contributed by atoms with E-state index in [1.165, 1.54) is 12.1 Å². The van der Waals surface area contributed by atoms with Crippen LogP contribution in [-0.2, 0) is 16.1 Å². The van der Waals surface area contributed by atoms with Crippen molar-refractivity contribution in [2.75, 3.05) is 32.7 Å². The van der Waals surface area contributed by atoms with Crippen molar-refractivity contribution in [2.24, 2.45) is 5.41 Å². The molecule has 6 rings (SSSR count). The quantitative estimate of drug-likeness (QED) is 0.424. The third-order valence-electron chi connectivity index (χ3n) is 8.52. The van der Waals surface area contributed by atoms with Crippen LogP contribution in [0.1, 0.15) is 42.6 Å². The van der Waals surface area contributed by atoms with Crippen molar-refractivity contribution in [1.29, 1.82) is 0 Å². The molecule has 1 aliphatic carbocycles. The van der Waals surface area contributed by atoms with Gasteiger partial charge in [-0.1, -0.05) is 41.9 Å². The van der Waals surface area contributed by atoms with Gasteiger partial charge in [-0.15, -0.1) is 0 Å². The van der Waals surface area contributed by atoms with E-state index in [9.17, 15) is 18.8 Å². The third-order valence-corrected chi connectivity index (χ3v) is 9.07. The number of rotatable bonds is 4. The molecule has 2 aromatic carbocycles. The van der Waals surface area contributed by atoms with Crippen LogP contribution in [-0.4, -0.2) is 70.3 Å². The second-order valence-corrected chi connectivity index (χ2v) is 11.8. The van der Waals surface area contributed by atoms with Crippen molar-refractivity contribution >= 4 is 57.5 Å². The number of piperazine rings is 1. The van der Waals surface area contributed by atoms with E-state index in [4.69, 9.17) is 23.2 Å². The average molecular weight is 599 g/mol. The van der Waals surface area contributed by atoms with Crippen LogP contribution < -0.4 is 5.32 Å². The maximum Gasteiger partial charge on any atom is 0.317 e. The standard InChI is InChI=1S/C30H30Cl2FN5O3/c1-3-34-29(41)37-10-8-36(9-11-37)28(40)30-14-17(2)26-25(20-6-5-19(31)13-23(20)35-26)27(30)38(24(39)15-30)16-18-4-7-21(32)22(33)12-18/h4-7,12-13,27,35H,2-3,8-11,14-16H2,1H3,(H,34,41)/t27-,30+/m0/s1. The Morgan fingerprint density at radius 3 is 2.54 bits per heavy atom. The van der Waals surface area contributed by atoms with Gasteiger partial charge in [-0.25, -0.2) is 9.18 Å². The van der Waals surface area contributed by atoms with E-state index in [0.717, 1.165) is 27.7 Å². The Morgan fingerprint density at radius 2 is 1.83 bits per heavy atom. The summed E-state index contributed by atoms with van der Waals surface area (Å²) in [6.07, 6.45) is 0.291. The fourth-order valence-electron chi connectivity index (χ4n) is 6.70. The fourth-order valence-corrected chi connectivity index (χ4v) is 6.99. The molecular weight excluding hydrogens is 568 g/mol. The Balaban J connectivity index is 1.42. The van der Waals surface area contributed by atoms with E-state index >= 15 is 0 Å². The zero-order chi connectivity index (χ0) is 29.1. The van der Waals surface area contributed by atoms with Gasteiger partial charge in [-0.05, 0) is 48.7 Å². The molecule has 3 aromatic rings. The number of carbonyl (C=O) groups is 3. The Morgan fingerprint density at radius 1 is 1.10 bits per heavy atom. The number of benzene rings is 2. The smallest absolute Gasteiger partial charge is 0.317 e. The largest absolute Gasteiger partial charge is 0.354 e. The predicted octanol–water partition coefficient (Wildman–Crippen LogP) is 5.36. The first-order chi connectivity index (χ1) is 19.6. The number of hydrogen-bond donors (Lipinski definition) is 2. The second kappa shape index (κ2) is 10.4. The maximum absolute atomic E-state index is 14.5. The first kappa shape index (κ1) is 27.6. The summed E-state index contributed by atoms with van der Waals surface area (Å²) in [5.41, 5.74) is 2.62. The minimum Gasteiger partial charge on any atom is -0.354 e. The highest BCUT2D eigenvalue weighted by molar-refractivity contribution is 6.31. The summed E-state index contributed by atoms with van der Waals surface area (Å²) in [6, 6.07) is 9.24. The number of allylic oxidation sites excluding steroid dienone is 1. The van der Waals surface area contributed by atoms with Crippen LogP contribution >= 0.6 is 23.2 Å². The normalized spacial score (nSPS) is 22.2. The van der Waals surface area contributed by atoms with E-state index in [1.54, 1.807) is 26.8 Å². The first-order valence-corrected chi connectivity index (χ1v) is 14.4. The molecule has 2 N–H and O–H groups in total. The van der Waals surface area contributed by atoms with Crippen molar-refractivity contribution in [3.05, 3.63) is 75.7 Å². The SMILES string of the molecule is C=C1C[C@@]2(C(=O)N3CCN(C(=O)NCC)CC3)CC(=O)N(Cc3ccc(Cl)c(F)c3)[C@H]2c2c1[nH]c1cc(Cl)ccc21. The number of fused-ring (bicyclic) bond motifs is 5. The van der Waals surface area contributed by atoms with E-state index < -0.39 is 17.3 Å². The van der Waals surface area contributed by atoms with E-state index in [-0.39, 0.29) is 42.3 Å². The monoisotopic (exact) mass is 597 g/mol. The van der Waals surface area contributed by atoms with Gasteiger partial charge in [0.2, 0.25) is 11.8 Å². The van der Waals surface area contributed by atoms with Gasteiger partial charge in [0, 0.05) is 72.9 Å². The Hall–Kier alpha value is -3.56. The van der Waals surface area contributed by atoms with Crippen LogP contribution in [0.3, 0.4) is 0 Å². The molecule has 0 spiro atoms. The number of hydrogen-bond acceptors (Lipinski definition) is 3. The van der Waals surface area contributed by atoms with E-state index in [0.29, 0.717) is 43.3 Å². The lowest BCUT2D eigenvalue weighted by molar-refractivity contribution is -0.145. The van der Waals surface area contributed by atoms with Crippen molar-refractivity contribution in [2.45, 2.75) is 32.4 Å². The van der Waals surface area contributed by atoms with Crippen molar-refractivity contribution in [1.82, 2.24) is 25.0 Å². The summed E-state index contributed by atoms with van der Waals surface area (Å²) >= 11 is 12.2. The Kier molecular flexibility index (Phi) is 6.98. The topological polar surface area (TPSA) is 88.8 Å². The van der Waals surface area contributed by atoms with Gasteiger partial charge in [-0.2, -0.15) is 0 Å². The van der Waals surface area contributed by atoms with Crippen molar-refractivity contribution < 1.29 is 18.8 Å². The van der Waals surface area contributed by atoms with Gasteiger partial charge in [0.25, 0.3) is 0 Å². The highest BCUT2D eigenvalue weighted by atomic mass is 35.5. The number of nitrogens with zero attached hydrogens (tertiary/aromatic N) is 3. The molecule has 4 amide bonds. The molecule has 0 saturated carbocycles. The second-order valence-electron chi connectivity index (χ2n) is 11.0. The number of carbonyl (C=O) groups excluding carboxylic acids is 3. The molecular formula is C30H30Cl2FN5O3. The first-order valence-electron chi connectivity index (χ1n) is 13.7. The van der Waals surface area contributed by atoms with Crippen LogP contribution in [0.15, 0.2) is 43.0 Å². The highest BCUT2D eigenvalue weighted by Crippen LogP contribution is 2.60. The number of urea groups is 1. The molecule has 1 aromatic heterocycles. The molecule has 3 heterocycles. The molecule has 2 aliphatic heterocycles. The number of aromatic amines is 1. The number of H-pyrrole nitrogens is 1. The Labute approximate surface area is 247 Å². The molecule has 0 bridgehead atoms. The van der Waals surface area contributed by atoms with Crippen LogP contribution in [0.4, 0.5) is 9.18 Å². The van der Waals surface area contributed by atoms with Gasteiger partial charge < -0.3 is 25.0 Å². The number of nitrogens with one attached hydrogen (secondary N) is 2. The fraction of sp³-hybridized carbons (Fsp3) is 0.367. The highest BCUT2D eigenvalue weighted by Gasteiger charge is 2.61. The molecule has 11 heteroatoms. The molecule has 2 fully saturated rings. The molecule has 8 nitrogen and oxygen atoms in total. The summed E-state index contributed by atoms with van der Waals surface area (Å²) in [5, 5.41) is 4.23. The maximum atomic E-state index is 14.5. The van der Waals surface area contributed by atoms with Gasteiger partial charge in [0.1, 0.15) is 5.82 Å². The van der Waals surface area contributed by atoms with Gasteiger partial charge >= 0.3 is 6.03 Å². The van der Waals surface area contributed by atoms with Crippen LogP contribution in [0, 0.1) is 11.2 Å². The summed E-state index contributed by atoms with van der Waals surface area (Å²) in [4.78, 5) is 49.3. The lowest BCUT2D eigenvalue weighted by atomic mass is 9.66. The summed E-state index contributed by atoms with van der Waals surface area (Å²) in [6.45, 7) is 8.36. The lowest BCUT2D eigenvalue weighted by Crippen LogP contribution is -2.57. The number of likely N-dealkylation sites (tertiary alicyclic amines) is 1. The molecule has 214 valence electrons. The zero-order valence-corrected chi connectivity index (χ0v) is 24.1. The number of aromatic nitrogens is 1. The van der Waals surface area contributed by atoms with Gasteiger partial charge in [0.15, 0.2) is 0 Å². The summed E-state index contributed by atoms with van der Waals surface area (Å²) in [7, 11) is 0. The minimum atomic E-state index is -1.10. The third kappa shape index (κ3) is 4.55. The Bertz CT molecular complexity index is 1600. The van der Waals surface area contributed by atoms with Gasteiger partial charge in [-0.3, -0.25) is 9.59 Å². The van der Waals surface area contributed by atoms with E-state index in [1.807, 2.05) is 19.1 Å². The minimum absolute atomic E-state index is 0.00182. The summed E-state index contributed by atoms with van der Waals surface area (Å²) < 4.78 is 14.4. The van der Waals surface area contributed by atoms with E-state index in [2.05, 4.69) is 16.9 Å². The average Bonchev–Trinajstić information content (AvgIpc) is 3.45. The number of halogens is 3. The predicted molar refractivity (Wildman–Crippen MR) is 156 cm³/mol. The lowest BCUT2D eigenvalue weighted by Gasteiger charge is -2.45. The molecule has 41 heavy (non-hydrogen) atoms.